The lowest BCUT2D eigenvalue weighted by molar-refractivity contribution is -0.200. The maximum atomic E-state index is 13.5. The number of amides is 2. The lowest BCUT2D eigenvalue weighted by atomic mass is 9.96. The van der Waals surface area contributed by atoms with E-state index in [4.69, 9.17) is 11.6 Å². The molecule has 0 spiro atoms. The van der Waals surface area contributed by atoms with Crippen LogP contribution in [-0.4, -0.2) is 42.0 Å². The molecule has 0 radical (unpaired) electrons. The number of carbonyl (C=O) groups is 3. The number of carbonyl (C=O) groups excluding carboxylic acids is 3. The minimum atomic E-state index is -5.36. The predicted octanol–water partition coefficient (Wildman–Crippen LogP) is 4.46. The number of rotatable bonds is 5. The second-order valence-corrected chi connectivity index (χ2v) is 8.72. The van der Waals surface area contributed by atoms with Crippen molar-refractivity contribution in [1.29, 1.82) is 0 Å². The van der Waals surface area contributed by atoms with Gasteiger partial charge in [-0.05, 0) is 61.7 Å². The number of alkyl halides is 3. The molecule has 1 aliphatic rings. The van der Waals surface area contributed by atoms with Crippen molar-refractivity contribution in [1.82, 2.24) is 10.3 Å². The molecule has 2 amide bonds. The Labute approximate surface area is 204 Å². The molecule has 8 nitrogen and oxygen atoms in total. The molecule has 35 heavy (non-hydrogen) atoms. The summed E-state index contributed by atoms with van der Waals surface area (Å²) in [7, 11) is 0. The number of nitrogens with one attached hydrogen (secondary N) is 2. The summed E-state index contributed by atoms with van der Waals surface area (Å²) in [5.74, 6) is -4.79. The van der Waals surface area contributed by atoms with E-state index >= 15 is 0 Å². The molecular formula is C23H24ClF3N4O4. The van der Waals surface area contributed by atoms with E-state index in [1.165, 1.54) is 18.2 Å². The Bertz CT molecular complexity index is 1090. The van der Waals surface area contributed by atoms with Gasteiger partial charge in [0.2, 0.25) is 5.91 Å². The van der Waals surface area contributed by atoms with Crippen molar-refractivity contribution in [2.45, 2.75) is 38.8 Å². The average molecular weight is 513 g/mol. The fourth-order valence-electron chi connectivity index (χ4n) is 3.45. The first-order chi connectivity index (χ1) is 16.5. The third kappa shape index (κ3) is 6.70. The Kier molecular flexibility index (Phi) is 8.34. The van der Waals surface area contributed by atoms with Crippen LogP contribution < -0.4 is 15.7 Å². The molecule has 2 N–H and O–H groups in total. The van der Waals surface area contributed by atoms with Crippen LogP contribution in [0.15, 0.2) is 36.5 Å². The number of aromatic nitrogens is 1. The molecule has 0 atom stereocenters. The van der Waals surface area contributed by atoms with E-state index in [1.54, 1.807) is 6.07 Å². The SMILES string of the molecule is CC(C)c1ccc(NC(=O)C2CCNCC2)c(C(=O)N(OC(=O)C(F)(F)F)c2ccc(Cl)cn2)c1. The van der Waals surface area contributed by atoms with E-state index < -0.39 is 23.9 Å². The highest BCUT2D eigenvalue weighted by molar-refractivity contribution is 6.30. The lowest BCUT2D eigenvalue weighted by Gasteiger charge is -2.24. The Morgan fingerprint density at radius 3 is 2.43 bits per heavy atom. The van der Waals surface area contributed by atoms with Gasteiger partial charge in [0.1, 0.15) is 0 Å². The van der Waals surface area contributed by atoms with E-state index in [2.05, 4.69) is 20.5 Å². The summed E-state index contributed by atoms with van der Waals surface area (Å²) in [4.78, 5) is 46.2. The first-order valence-electron chi connectivity index (χ1n) is 10.9. The summed E-state index contributed by atoms with van der Waals surface area (Å²) >= 11 is 5.80. The van der Waals surface area contributed by atoms with Crippen molar-refractivity contribution in [2.75, 3.05) is 23.5 Å². The maximum absolute atomic E-state index is 13.5. The van der Waals surface area contributed by atoms with Gasteiger partial charge in [0.25, 0.3) is 5.91 Å². The monoisotopic (exact) mass is 512 g/mol. The van der Waals surface area contributed by atoms with E-state index in [0.29, 0.717) is 31.5 Å². The second-order valence-electron chi connectivity index (χ2n) is 8.28. The second kappa shape index (κ2) is 11.0. The van der Waals surface area contributed by atoms with Crippen molar-refractivity contribution in [2.24, 2.45) is 5.92 Å². The number of anilines is 2. The third-order valence-corrected chi connectivity index (χ3v) is 5.64. The number of pyridine rings is 1. The third-order valence-electron chi connectivity index (χ3n) is 5.42. The summed E-state index contributed by atoms with van der Waals surface area (Å²) < 4.78 is 38.9. The Morgan fingerprint density at radius 1 is 1.17 bits per heavy atom. The van der Waals surface area contributed by atoms with Gasteiger partial charge in [0.15, 0.2) is 5.82 Å². The summed E-state index contributed by atoms with van der Waals surface area (Å²) in [6.45, 7) is 5.05. The van der Waals surface area contributed by atoms with Crippen molar-refractivity contribution in [3.63, 3.8) is 0 Å². The van der Waals surface area contributed by atoms with Crippen LogP contribution in [-0.2, 0) is 14.4 Å². The van der Waals surface area contributed by atoms with Crippen LogP contribution in [0.1, 0.15) is 48.5 Å². The fraction of sp³-hybridized carbons (Fsp3) is 0.391. The predicted molar refractivity (Wildman–Crippen MR) is 123 cm³/mol. The Balaban J connectivity index is 2.02. The highest BCUT2D eigenvalue weighted by Gasteiger charge is 2.44. The minimum absolute atomic E-state index is 0.0458. The number of hydrogen-bond acceptors (Lipinski definition) is 6. The van der Waals surface area contributed by atoms with Gasteiger partial charge >= 0.3 is 12.1 Å². The van der Waals surface area contributed by atoms with Crippen LogP contribution in [0.5, 0.6) is 0 Å². The van der Waals surface area contributed by atoms with Gasteiger partial charge in [0.05, 0.1) is 16.3 Å². The molecule has 0 unspecified atom stereocenters. The molecule has 1 saturated heterocycles. The zero-order valence-electron chi connectivity index (χ0n) is 19.0. The molecule has 1 aromatic heterocycles. The van der Waals surface area contributed by atoms with E-state index in [-0.39, 0.29) is 39.1 Å². The van der Waals surface area contributed by atoms with Gasteiger partial charge in [-0.25, -0.2) is 9.78 Å². The van der Waals surface area contributed by atoms with E-state index in [1.807, 2.05) is 13.8 Å². The molecule has 0 saturated carbocycles. The van der Waals surface area contributed by atoms with Crippen molar-refractivity contribution in [3.8, 4) is 0 Å². The fourth-order valence-corrected chi connectivity index (χ4v) is 3.56. The molecule has 0 aliphatic carbocycles. The minimum Gasteiger partial charge on any atom is -0.325 e. The maximum Gasteiger partial charge on any atom is 0.493 e. The summed E-state index contributed by atoms with van der Waals surface area (Å²) in [6.07, 6.45) is -3.08. The van der Waals surface area contributed by atoms with Gasteiger partial charge in [0, 0.05) is 12.1 Å². The van der Waals surface area contributed by atoms with E-state index in [0.717, 1.165) is 12.3 Å². The molecule has 1 fully saturated rings. The van der Waals surface area contributed by atoms with Crippen LogP contribution >= 0.6 is 11.6 Å². The molecular weight excluding hydrogens is 489 g/mol. The van der Waals surface area contributed by atoms with Gasteiger partial charge < -0.3 is 15.5 Å². The number of piperidine rings is 1. The normalized spacial score (nSPS) is 14.5. The largest absolute Gasteiger partial charge is 0.493 e. The highest BCUT2D eigenvalue weighted by Crippen LogP contribution is 2.28. The quantitative estimate of drug-likeness (QED) is 0.574. The zero-order valence-corrected chi connectivity index (χ0v) is 19.7. The van der Waals surface area contributed by atoms with Crippen LogP contribution in [0, 0.1) is 5.92 Å². The molecule has 1 aliphatic heterocycles. The van der Waals surface area contributed by atoms with Crippen molar-refractivity contribution < 1.29 is 32.4 Å². The Hall–Kier alpha value is -3.18. The van der Waals surface area contributed by atoms with Crippen LogP contribution in [0.3, 0.4) is 0 Å². The number of nitrogens with zero attached hydrogens (tertiary/aromatic N) is 2. The first-order valence-corrected chi connectivity index (χ1v) is 11.3. The van der Waals surface area contributed by atoms with Crippen LogP contribution in [0.4, 0.5) is 24.7 Å². The smallest absolute Gasteiger partial charge is 0.325 e. The van der Waals surface area contributed by atoms with Gasteiger partial charge in [-0.2, -0.15) is 13.2 Å². The number of hydroxylamine groups is 1. The molecule has 2 heterocycles. The molecule has 188 valence electrons. The first kappa shape index (κ1) is 26.4. The number of halogens is 4. The Morgan fingerprint density at radius 2 is 1.86 bits per heavy atom. The molecule has 2 aromatic rings. The van der Waals surface area contributed by atoms with Gasteiger partial charge in [-0.1, -0.05) is 31.5 Å². The topological polar surface area (TPSA) is 101 Å². The zero-order chi connectivity index (χ0) is 25.8. The average Bonchev–Trinajstić information content (AvgIpc) is 2.82. The summed E-state index contributed by atoms with van der Waals surface area (Å²) in [5.41, 5.74) is 0.592. The highest BCUT2D eigenvalue weighted by atomic mass is 35.5. The molecule has 3 rings (SSSR count). The van der Waals surface area contributed by atoms with Crippen molar-refractivity contribution in [3.05, 3.63) is 52.7 Å². The number of benzene rings is 1. The van der Waals surface area contributed by atoms with Gasteiger partial charge in [-0.3, -0.25) is 9.59 Å². The lowest BCUT2D eigenvalue weighted by Crippen LogP contribution is -2.40. The summed E-state index contributed by atoms with van der Waals surface area (Å²) in [5, 5.41) is 6.16. The molecule has 12 heteroatoms. The van der Waals surface area contributed by atoms with E-state index in [9.17, 15) is 27.6 Å². The number of hydrogen-bond donors (Lipinski definition) is 2. The molecule has 0 bridgehead atoms. The molecule has 1 aromatic carbocycles. The van der Waals surface area contributed by atoms with Gasteiger partial charge in [-0.15, -0.1) is 5.06 Å². The van der Waals surface area contributed by atoms with Crippen molar-refractivity contribution >= 4 is 40.9 Å². The van der Waals surface area contributed by atoms with Crippen LogP contribution in [0.2, 0.25) is 5.02 Å². The van der Waals surface area contributed by atoms with Crippen LogP contribution in [0.25, 0.3) is 0 Å². The summed E-state index contributed by atoms with van der Waals surface area (Å²) in [6, 6.07) is 7.04. The standard InChI is InChI=1S/C23H24ClF3N4O4/c1-13(2)15-3-5-18(30-20(32)14-7-9-28-10-8-14)17(11-15)21(33)31(35-22(34)23(25,26)27)19-6-4-16(24)12-29-19/h3-6,11-14,28H,7-10H2,1-2H3,(H,30,32).